The largest absolute Gasteiger partial charge is 0.457 e. The molecule has 4 nitrogen and oxygen atoms in total. The molecule has 2 unspecified atom stereocenters. The van der Waals surface area contributed by atoms with Gasteiger partial charge in [-0.25, -0.2) is 9.97 Å². The minimum atomic E-state index is 0.321. The van der Waals surface area contributed by atoms with Gasteiger partial charge in [-0.2, -0.15) is 0 Å². The first-order valence-corrected chi connectivity index (χ1v) is 6.79. The maximum absolute atomic E-state index is 5.87. The molecule has 3 rings (SSSR count). The molecular formula is C15H19N3O. The lowest BCUT2D eigenvalue weighted by Gasteiger charge is -2.06. The molecule has 1 aliphatic carbocycles. The third-order valence-electron chi connectivity index (χ3n) is 3.68. The lowest BCUT2D eigenvalue weighted by Crippen LogP contribution is -2.01. The second-order valence-corrected chi connectivity index (χ2v) is 5.72. The van der Waals surface area contributed by atoms with E-state index in [1.807, 2.05) is 18.2 Å². The average Bonchev–Trinajstić information content (AvgIpc) is 2.91. The first-order valence-electron chi connectivity index (χ1n) is 6.79. The van der Waals surface area contributed by atoms with E-state index in [1.54, 1.807) is 0 Å². The molecule has 19 heavy (non-hydrogen) atoms. The van der Waals surface area contributed by atoms with Crippen LogP contribution in [-0.2, 0) is 0 Å². The van der Waals surface area contributed by atoms with E-state index in [0.717, 1.165) is 17.4 Å². The summed E-state index contributed by atoms with van der Waals surface area (Å²) >= 11 is 0. The first-order chi connectivity index (χ1) is 9.04. The summed E-state index contributed by atoms with van der Waals surface area (Å²) in [4.78, 5) is 8.80. The van der Waals surface area contributed by atoms with Crippen LogP contribution in [0, 0.1) is 5.92 Å². The fourth-order valence-electron chi connectivity index (χ4n) is 2.28. The van der Waals surface area contributed by atoms with Crippen LogP contribution >= 0.6 is 0 Å². The molecule has 0 aromatic carbocycles. The van der Waals surface area contributed by atoms with Crippen molar-refractivity contribution in [3.05, 3.63) is 29.7 Å². The van der Waals surface area contributed by atoms with Gasteiger partial charge in [0.2, 0.25) is 0 Å². The van der Waals surface area contributed by atoms with Crippen molar-refractivity contribution in [2.45, 2.75) is 39.0 Å². The second kappa shape index (κ2) is 4.37. The normalized spacial score (nSPS) is 21.9. The van der Waals surface area contributed by atoms with Crippen LogP contribution in [0.25, 0.3) is 11.6 Å². The first kappa shape index (κ1) is 12.2. The lowest BCUT2D eigenvalue weighted by atomic mass is 10.1. The van der Waals surface area contributed by atoms with Gasteiger partial charge >= 0.3 is 0 Å². The molecule has 1 aliphatic rings. The molecule has 2 aromatic rings. The molecule has 0 spiro atoms. The highest BCUT2D eigenvalue weighted by atomic mass is 16.3. The maximum atomic E-state index is 5.87. The van der Waals surface area contributed by atoms with Crippen molar-refractivity contribution >= 4 is 5.82 Å². The van der Waals surface area contributed by atoms with Gasteiger partial charge in [0.1, 0.15) is 11.6 Å². The van der Waals surface area contributed by atoms with Crippen molar-refractivity contribution in [1.82, 2.24) is 9.97 Å². The predicted octanol–water partition coefficient (Wildman–Crippen LogP) is 3.57. The molecule has 1 fully saturated rings. The molecule has 0 aliphatic heterocycles. The van der Waals surface area contributed by atoms with Crippen LogP contribution < -0.4 is 5.73 Å². The van der Waals surface area contributed by atoms with Crippen LogP contribution in [0.4, 0.5) is 5.82 Å². The van der Waals surface area contributed by atoms with Gasteiger partial charge in [0.05, 0.1) is 0 Å². The Balaban J connectivity index is 1.95. The highest BCUT2D eigenvalue weighted by Gasteiger charge is 2.36. The van der Waals surface area contributed by atoms with Crippen LogP contribution in [0.1, 0.15) is 50.5 Å². The fraction of sp³-hybridized carbons (Fsp3) is 0.467. The monoisotopic (exact) mass is 257 g/mol. The Morgan fingerprint density at radius 3 is 2.68 bits per heavy atom. The molecule has 2 N–H and O–H groups in total. The van der Waals surface area contributed by atoms with E-state index < -0.39 is 0 Å². The summed E-state index contributed by atoms with van der Waals surface area (Å²) in [5.41, 5.74) is 6.79. The van der Waals surface area contributed by atoms with Crippen LogP contribution in [0.2, 0.25) is 0 Å². The number of aromatic nitrogens is 2. The van der Waals surface area contributed by atoms with E-state index in [9.17, 15) is 0 Å². The number of nitrogen functional groups attached to an aromatic ring is 1. The molecule has 0 amide bonds. The maximum Gasteiger partial charge on any atom is 0.197 e. The summed E-state index contributed by atoms with van der Waals surface area (Å²) in [6, 6.07) is 5.80. The lowest BCUT2D eigenvalue weighted by molar-refractivity contribution is 0.514. The quantitative estimate of drug-likeness (QED) is 0.913. The fourth-order valence-corrected chi connectivity index (χ4v) is 2.28. The number of rotatable bonds is 3. The number of anilines is 1. The smallest absolute Gasteiger partial charge is 0.197 e. The summed E-state index contributed by atoms with van der Waals surface area (Å²) in [5.74, 6) is 4.45. The van der Waals surface area contributed by atoms with Gasteiger partial charge in [-0.15, -0.1) is 0 Å². The second-order valence-electron chi connectivity index (χ2n) is 5.72. The molecule has 1 saturated carbocycles. The van der Waals surface area contributed by atoms with Crippen LogP contribution in [0.3, 0.4) is 0 Å². The Bertz CT molecular complexity index is 603. The number of hydrogen-bond donors (Lipinski definition) is 1. The molecule has 0 radical (unpaired) electrons. The minimum Gasteiger partial charge on any atom is -0.457 e. The van der Waals surface area contributed by atoms with Crippen LogP contribution in [-0.4, -0.2) is 9.97 Å². The third-order valence-corrected chi connectivity index (χ3v) is 3.68. The van der Waals surface area contributed by atoms with E-state index in [0.29, 0.717) is 29.2 Å². The van der Waals surface area contributed by atoms with Gasteiger partial charge in [0.25, 0.3) is 0 Å². The van der Waals surface area contributed by atoms with Gasteiger partial charge in [-0.05, 0) is 30.4 Å². The van der Waals surface area contributed by atoms with Crippen LogP contribution in [0.15, 0.2) is 22.6 Å². The molecule has 100 valence electrons. The van der Waals surface area contributed by atoms with Gasteiger partial charge in [-0.3, -0.25) is 0 Å². The molecular weight excluding hydrogens is 238 g/mol. The Labute approximate surface area is 113 Å². The standard InChI is InChI=1S/C15H19N3O/c1-8(2)11-7-14(16)18-15(17-11)13-5-4-12(19-13)10-6-9(10)3/h4-5,7-10H,6H2,1-3H3,(H2,16,17,18). The number of furan rings is 1. The van der Waals surface area contributed by atoms with E-state index in [-0.39, 0.29) is 0 Å². The SMILES string of the molecule is CC(C)c1cc(N)nc(-c2ccc(C3CC3C)o2)n1. The summed E-state index contributed by atoms with van der Waals surface area (Å²) in [5, 5.41) is 0. The summed E-state index contributed by atoms with van der Waals surface area (Å²) in [6.45, 7) is 6.41. The Morgan fingerprint density at radius 2 is 2.05 bits per heavy atom. The summed E-state index contributed by atoms with van der Waals surface area (Å²) < 4.78 is 5.87. The van der Waals surface area contributed by atoms with Crippen LogP contribution in [0.5, 0.6) is 0 Å². The number of hydrogen-bond acceptors (Lipinski definition) is 4. The molecule has 4 heteroatoms. The van der Waals surface area contributed by atoms with Gasteiger partial charge in [-0.1, -0.05) is 20.8 Å². The molecule has 2 aromatic heterocycles. The van der Waals surface area contributed by atoms with Crippen molar-refractivity contribution < 1.29 is 4.42 Å². The minimum absolute atomic E-state index is 0.321. The molecule has 2 atom stereocenters. The molecule has 2 heterocycles. The van der Waals surface area contributed by atoms with Crippen molar-refractivity contribution in [3.8, 4) is 11.6 Å². The highest BCUT2D eigenvalue weighted by molar-refractivity contribution is 5.51. The highest BCUT2D eigenvalue weighted by Crippen LogP contribution is 2.47. The Morgan fingerprint density at radius 1 is 1.32 bits per heavy atom. The van der Waals surface area contributed by atoms with Crippen molar-refractivity contribution in [1.29, 1.82) is 0 Å². The van der Waals surface area contributed by atoms with Gasteiger partial charge in [0.15, 0.2) is 11.6 Å². The predicted molar refractivity (Wildman–Crippen MR) is 74.8 cm³/mol. The average molecular weight is 257 g/mol. The van der Waals surface area contributed by atoms with E-state index in [2.05, 4.69) is 30.7 Å². The van der Waals surface area contributed by atoms with Crippen molar-refractivity contribution in [3.63, 3.8) is 0 Å². The van der Waals surface area contributed by atoms with Gasteiger partial charge in [0, 0.05) is 17.7 Å². The van der Waals surface area contributed by atoms with E-state index >= 15 is 0 Å². The summed E-state index contributed by atoms with van der Waals surface area (Å²) in [7, 11) is 0. The zero-order chi connectivity index (χ0) is 13.6. The number of nitrogens with zero attached hydrogens (tertiary/aromatic N) is 2. The van der Waals surface area contributed by atoms with Crippen molar-refractivity contribution in [2.24, 2.45) is 5.92 Å². The zero-order valence-corrected chi connectivity index (χ0v) is 11.6. The van der Waals surface area contributed by atoms with Crippen molar-refractivity contribution in [2.75, 3.05) is 5.73 Å². The van der Waals surface area contributed by atoms with Gasteiger partial charge < -0.3 is 10.2 Å². The topological polar surface area (TPSA) is 64.9 Å². The molecule has 0 bridgehead atoms. The van der Waals surface area contributed by atoms with E-state index in [4.69, 9.17) is 10.2 Å². The number of nitrogens with two attached hydrogens (primary N) is 1. The van der Waals surface area contributed by atoms with E-state index in [1.165, 1.54) is 6.42 Å². The summed E-state index contributed by atoms with van der Waals surface area (Å²) in [6.07, 6.45) is 1.21. The Kier molecular flexibility index (Phi) is 2.81. The zero-order valence-electron chi connectivity index (χ0n) is 11.6. The third kappa shape index (κ3) is 2.35. The molecule has 0 saturated heterocycles. The Hall–Kier alpha value is -1.84.